The number of phenols is 1. The Morgan fingerprint density at radius 1 is 1.08 bits per heavy atom. The highest BCUT2D eigenvalue weighted by Crippen LogP contribution is 2.38. The third kappa shape index (κ3) is 8.54. The molecule has 1 aromatic carbocycles. The fraction of sp³-hybridized carbons (Fsp3) is 0.621. The molecule has 1 aliphatic heterocycles. The molecule has 0 spiro atoms. The van der Waals surface area contributed by atoms with Gasteiger partial charge in [-0.05, 0) is 64.5 Å². The molecular weight excluding hydrogens is 492 g/mol. The molecule has 1 aromatic rings. The summed E-state index contributed by atoms with van der Waals surface area (Å²) in [6.07, 6.45) is 3.62. The molecule has 9 nitrogen and oxygen atoms in total. The monoisotopic (exact) mass is 536 g/mol. The van der Waals surface area contributed by atoms with Crippen molar-refractivity contribution >= 4 is 5.97 Å². The summed E-state index contributed by atoms with van der Waals surface area (Å²) in [6, 6.07) is 1.55. The Morgan fingerprint density at radius 2 is 1.79 bits per heavy atom. The summed E-state index contributed by atoms with van der Waals surface area (Å²) in [5.41, 5.74) is 2.69. The molecule has 6 N–H and O–H groups in total. The average Bonchev–Trinajstić information content (AvgIpc) is 2.84. The van der Waals surface area contributed by atoms with E-state index in [1.54, 1.807) is 6.07 Å². The van der Waals surface area contributed by atoms with Crippen LogP contribution in [0.25, 0.3) is 0 Å². The van der Waals surface area contributed by atoms with Crippen LogP contribution >= 0.6 is 0 Å². The summed E-state index contributed by atoms with van der Waals surface area (Å²) in [5.74, 6) is -2.62. The summed E-state index contributed by atoms with van der Waals surface area (Å²) in [5, 5.41) is 61.2. The lowest BCUT2D eigenvalue weighted by molar-refractivity contribution is -0.312. The van der Waals surface area contributed by atoms with Crippen molar-refractivity contribution in [2.45, 2.75) is 104 Å². The van der Waals surface area contributed by atoms with Crippen LogP contribution in [-0.2, 0) is 17.6 Å². The summed E-state index contributed by atoms with van der Waals surface area (Å²) in [7, 11) is 0. The zero-order valence-electron chi connectivity index (χ0n) is 22.9. The van der Waals surface area contributed by atoms with Gasteiger partial charge in [0, 0.05) is 5.56 Å². The Labute approximate surface area is 225 Å². The van der Waals surface area contributed by atoms with Crippen LogP contribution in [0, 0.1) is 5.92 Å². The number of aliphatic hydroxyl groups excluding tert-OH is 4. The van der Waals surface area contributed by atoms with Gasteiger partial charge in [-0.15, -0.1) is 0 Å². The molecule has 1 aliphatic rings. The number of ether oxygens (including phenoxy) is 2. The molecule has 2 rings (SSSR count). The summed E-state index contributed by atoms with van der Waals surface area (Å²) in [6.45, 7) is 7.48. The normalized spacial score (nSPS) is 23.8. The quantitative estimate of drug-likeness (QED) is 0.154. The molecule has 0 aliphatic carbocycles. The number of hydrogen-bond donors (Lipinski definition) is 6. The predicted molar refractivity (Wildman–Crippen MR) is 143 cm³/mol. The third-order valence-electron chi connectivity index (χ3n) is 6.86. The topological polar surface area (TPSA) is 157 Å². The lowest BCUT2D eigenvalue weighted by Crippen LogP contribution is -2.57. The first kappa shape index (κ1) is 31.8. The number of unbranched alkanes of at least 4 members (excludes halogenated alkanes) is 3. The fourth-order valence-corrected chi connectivity index (χ4v) is 4.52. The maximum absolute atomic E-state index is 12.2. The maximum Gasteiger partial charge on any atom is 0.339 e. The highest BCUT2D eigenvalue weighted by Gasteiger charge is 2.45. The van der Waals surface area contributed by atoms with Gasteiger partial charge in [0.15, 0.2) is 6.29 Å². The number of hydrogen-bond acceptors (Lipinski definition) is 8. The van der Waals surface area contributed by atoms with E-state index < -0.39 is 49.0 Å². The molecule has 1 saturated heterocycles. The van der Waals surface area contributed by atoms with Gasteiger partial charge in [0.1, 0.15) is 23.2 Å². The van der Waals surface area contributed by atoms with Gasteiger partial charge in [0.25, 0.3) is 0 Å². The average molecular weight is 537 g/mol. The van der Waals surface area contributed by atoms with E-state index in [-0.39, 0.29) is 23.3 Å². The Bertz CT molecular complexity index is 981. The number of aliphatic hydroxyl groups is 4. The number of carboxylic acids is 1. The van der Waals surface area contributed by atoms with E-state index in [0.717, 1.165) is 44.1 Å². The van der Waals surface area contributed by atoms with E-state index in [2.05, 4.69) is 13.0 Å². The van der Waals surface area contributed by atoms with Crippen LogP contribution < -0.4 is 4.74 Å². The number of benzene rings is 1. The number of aromatic hydroxyl groups is 1. The molecule has 9 heteroatoms. The Morgan fingerprint density at radius 3 is 2.39 bits per heavy atom. The number of carbonyl (C=O) groups is 1. The van der Waals surface area contributed by atoms with Gasteiger partial charge in [-0.3, -0.25) is 0 Å². The molecule has 0 amide bonds. The fourth-order valence-electron chi connectivity index (χ4n) is 4.52. The van der Waals surface area contributed by atoms with Gasteiger partial charge in [-0.25, -0.2) is 4.79 Å². The molecule has 0 aromatic heterocycles. The summed E-state index contributed by atoms with van der Waals surface area (Å²) in [4.78, 5) is 12.2. The van der Waals surface area contributed by atoms with E-state index >= 15 is 0 Å². The van der Waals surface area contributed by atoms with Gasteiger partial charge < -0.3 is 40.1 Å². The zero-order chi connectivity index (χ0) is 28.4. The van der Waals surface area contributed by atoms with Crippen LogP contribution in [0.2, 0.25) is 0 Å². The highest BCUT2D eigenvalue weighted by molar-refractivity contribution is 5.93. The second-order valence-corrected chi connectivity index (χ2v) is 10.3. The highest BCUT2D eigenvalue weighted by atomic mass is 16.7. The number of carboxylic acid groups (broad SMARTS) is 1. The van der Waals surface area contributed by atoms with Crippen molar-refractivity contribution < 1.29 is 44.9 Å². The Hall–Kier alpha value is -2.43. The molecule has 214 valence electrons. The third-order valence-corrected chi connectivity index (χ3v) is 6.86. The van der Waals surface area contributed by atoms with Gasteiger partial charge in [0.2, 0.25) is 6.29 Å². The van der Waals surface area contributed by atoms with Crippen LogP contribution in [0.1, 0.15) is 87.7 Å². The van der Waals surface area contributed by atoms with Gasteiger partial charge in [-0.1, -0.05) is 49.5 Å². The lowest BCUT2D eigenvalue weighted by Gasteiger charge is -2.40. The molecule has 0 radical (unpaired) electrons. The Kier molecular flexibility index (Phi) is 12.7. The minimum Gasteiger partial charge on any atom is -0.507 e. The van der Waals surface area contributed by atoms with E-state index in [1.807, 2.05) is 26.8 Å². The molecule has 1 heterocycles. The standard InChI is InChI=1S/C29H44O9/c1-5-6-7-8-12-19-15-22(37-29-21(16-30)25(32)26(33)28(36)38-29)20(24(31)23(19)27(34)35)14-13-18(4)11-9-10-17(2)3/h10,13,15,21,25-26,28-33,36H,5-9,11-12,14,16H2,1-4H3,(H,34,35)/b18-13+/t21-,25-,26+,28+,29?/m1/s1. The largest absolute Gasteiger partial charge is 0.507 e. The van der Waals surface area contributed by atoms with E-state index in [9.17, 15) is 35.4 Å². The van der Waals surface area contributed by atoms with Crippen LogP contribution in [0.4, 0.5) is 0 Å². The lowest BCUT2D eigenvalue weighted by atomic mass is 9.93. The first-order valence-corrected chi connectivity index (χ1v) is 13.4. The van der Waals surface area contributed by atoms with Crippen molar-refractivity contribution in [3.63, 3.8) is 0 Å². The smallest absolute Gasteiger partial charge is 0.339 e. The molecule has 0 saturated carbocycles. The van der Waals surface area contributed by atoms with E-state index in [4.69, 9.17) is 9.47 Å². The van der Waals surface area contributed by atoms with Crippen LogP contribution in [-0.4, -0.2) is 68.0 Å². The van der Waals surface area contributed by atoms with Crippen LogP contribution in [0.15, 0.2) is 29.4 Å². The number of aromatic carboxylic acids is 1. The predicted octanol–water partition coefficient (Wildman–Crippen LogP) is 3.83. The summed E-state index contributed by atoms with van der Waals surface area (Å²) < 4.78 is 11.3. The van der Waals surface area contributed by atoms with Crippen molar-refractivity contribution in [2.75, 3.05) is 6.61 Å². The van der Waals surface area contributed by atoms with Crippen molar-refractivity contribution in [2.24, 2.45) is 5.92 Å². The Balaban J connectivity index is 2.50. The SMILES string of the molecule is CCCCCCc1cc(OC2O[C@H](O)[C@@H](O)[C@H](O)[C@H]2CO)c(C/C=C(\C)CCC=C(C)C)c(O)c1C(=O)O. The van der Waals surface area contributed by atoms with Crippen LogP contribution in [0.3, 0.4) is 0 Å². The van der Waals surface area contributed by atoms with Crippen molar-refractivity contribution in [3.8, 4) is 11.5 Å². The molecule has 1 fully saturated rings. The van der Waals surface area contributed by atoms with Crippen molar-refractivity contribution in [1.29, 1.82) is 0 Å². The number of aryl methyl sites for hydroxylation is 1. The molecule has 38 heavy (non-hydrogen) atoms. The van der Waals surface area contributed by atoms with Crippen molar-refractivity contribution in [3.05, 3.63) is 46.1 Å². The molecule has 1 unspecified atom stereocenters. The van der Waals surface area contributed by atoms with Gasteiger partial charge in [-0.2, -0.15) is 0 Å². The minimum absolute atomic E-state index is 0.130. The first-order chi connectivity index (χ1) is 18.0. The van der Waals surface area contributed by atoms with Crippen molar-refractivity contribution in [1.82, 2.24) is 0 Å². The second kappa shape index (κ2) is 15.2. The molecule has 5 atom stereocenters. The molecular formula is C29H44O9. The van der Waals surface area contributed by atoms with Crippen LogP contribution in [0.5, 0.6) is 11.5 Å². The van der Waals surface area contributed by atoms with Gasteiger partial charge in [0.05, 0.1) is 18.6 Å². The maximum atomic E-state index is 12.2. The zero-order valence-corrected chi connectivity index (χ0v) is 22.9. The van der Waals surface area contributed by atoms with Gasteiger partial charge >= 0.3 is 5.97 Å². The second-order valence-electron chi connectivity index (χ2n) is 10.3. The summed E-state index contributed by atoms with van der Waals surface area (Å²) >= 11 is 0. The molecule has 0 bridgehead atoms. The van der Waals surface area contributed by atoms with E-state index in [0.29, 0.717) is 12.0 Å². The number of rotatable bonds is 14. The minimum atomic E-state index is -1.75. The van der Waals surface area contributed by atoms with E-state index in [1.165, 1.54) is 5.57 Å². The number of allylic oxidation sites excluding steroid dienone is 4. The first-order valence-electron chi connectivity index (χ1n) is 13.4.